The molecule has 1 N–H and O–H groups in total. The molecular weight excluding hydrogens is 210 g/mol. The minimum atomic E-state index is -1.29. The molecule has 16 heavy (non-hydrogen) atoms. The Morgan fingerprint density at radius 1 is 1.38 bits per heavy atom. The van der Waals surface area contributed by atoms with Gasteiger partial charge in [0.15, 0.2) is 5.78 Å². The van der Waals surface area contributed by atoms with Crippen molar-refractivity contribution in [2.24, 2.45) is 7.05 Å². The zero-order chi connectivity index (χ0) is 11.9. The second kappa shape index (κ2) is 3.59. The topological polar surface area (TPSA) is 76.4 Å². The Morgan fingerprint density at radius 3 is 2.69 bits per heavy atom. The minimum absolute atomic E-state index is 0.0839. The zero-order valence-corrected chi connectivity index (χ0v) is 8.82. The molecule has 5 heteroatoms. The Labute approximate surface area is 91.3 Å². The summed E-state index contributed by atoms with van der Waals surface area (Å²) in [7, 11) is 1.51. The van der Waals surface area contributed by atoms with Crippen molar-refractivity contribution >= 4 is 11.8 Å². The number of carbonyl (C=O) groups excluding carboxylic acids is 1. The number of aromatic nitrogens is 1. The van der Waals surface area contributed by atoms with Gasteiger partial charge in [0.05, 0.1) is 0 Å². The lowest BCUT2D eigenvalue weighted by atomic mass is 9.93. The van der Waals surface area contributed by atoms with E-state index in [0.29, 0.717) is 30.5 Å². The minimum Gasteiger partial charge on any atom is -0.477 e. The van der Waals surface area contributed by atoms with Gasteiger partial charge < -0.3 is 9.67 Å². The highest BCUT2D eigenvalue weighted by Gasteiger charge is 2.23. The monoisotopic (exact) mass is 221 g/mol. The van der Waals surface area contributed by atoms with Crippen LogP contribution in [0.1, 0.15) is 39.3 Å². The molecule has 0 saturated carbocycles. The highest BCUT2D eigenvalue weighted by Crippen LogP contribution is 2.20. The van der Waals surface area contributed by atoms with Gasteiger partial charge in [-0.1, -0.05) is 0 Å². The van der Waals surface area contributed by atoms with Gasteiger partial charge in [-0.05, 0) is 18.9 Å². The number of carboxylic acids is 1. The van der Waals surface area contributed by atoms with E-state index in [4.69, 9.17) is 5.11 Å². The molecule has 0 radical (unpaired) electrons. The molecule has 0 saturated heterocycles. The quantitative estimate of drug-likeness (QED) is 0.753. The molecule has 5 nitrogen and oxygen atoms in total. The van der Waals surface area contributed by atoms with E-state index < -0.39 is 11.5 Å². The zero-order valence-electron chi connectivity index (χ0n) is 8.82. The third-order valence-corrected chi connectivity index (χ3v) is 2.89. The van der Waals surface area contributed by atoms with Crippen molar-refractivity contribution in [3.63, 3.8) is 0 Å². The molecule has 1 aliphatic rings. The summed E-state index contributed by atoms with van der Waals surface area (Å²) in [6, 6.07) is 1.21. The van der Waals surface area contributed by atoms with Crippen LogP contribution in [-0.2, 0) is 13.5 Å². The fraction of sp³-hybridized carbons (Fsp3) is 0.364. The molecular formula is C11H11NO4. The molecule has 2 rings (SSSR count). The van der Waals surface area contributed by atoms with Crippen LogP contribution in [0.3, 0.4) is 0 Å². The summed E-state index contributed by atoms with van der Waals surface area (Å²) in [5.41, 5.74) is 0.134. The Kier molecular flexibility index (Phi) is 2.38. The first-order valence-corrected chi connectivity index (χ1v) is 5.01. The van der Waals surface area contributed by atoms with Crippen LogP contribution in [0.2, 0.25) is 0 Å². The van der Waals surface area contributed by atoms with Crippen molar-refractivity contribution in [2.45, 2.75) is 19.3 Å². The molecule has 1 aromatic rings. The Bertz CT molecular complexity index is 542. The fourth-order valence-electron chi connectivity index (χ4n) is 2.02. The van der Waals surface area contributed by atoms with Crippen molar-refractivity contribution in [2.75, 3.05) is 0 Å². The van der Waals surface area contributed by atoms with Gasteiger partial charge in [0, 0.05) is 24.7 Å². The van der Waals surface area contributed by atoms with Gasteiger partial charge in [0.25, 0.3) is 5.56 Å². The number of pyridine rings is 1. The van der Waals surface area contributed by atoms with E-state index in [1.54, 1.807) is 0 Å². The van der Waals surface area contributed by atoms with Crippen LogP contribution < -0.4 is 5.56 Å². The average molecular weight is 221 g/mol. The fourth-order valence-corrected chi connectivity index (χ4v) is 2.02. The van der Waals surface area contributed by atoms with Crippen LogP contribution in [0.5, 0.6) is 0 Å². The Balaban J connectivity index is 2.77. The van der Waals surface area contributed by atoms with Crippen LogP contribution in [0, 0.1) is 0 Å². The van der Waals surface area contributed by atoms with Gasteiger partial charge in [-0.15, -0.1) is 0 Å². The number of ketones is 1. The van der Waals surface area contributed by atoms with Gasteiger partial charge in [0.1, 0.15) is 5.56 Å². The summed E-state index contributed by atoms with van der Waals surface area (Å²) < 4.78 is 1.27. The second-order valence-corrected chi connectivity index (χ2v) is 3.86. The number of Topliss-reactive ketones (excluding diaryl/α,β-unsaturated/α-hetero) is 1. The standard InChI is InChI=1S/C11H11NO4/c1-12-8-3-2-4-9(13)6(8)5-7(10(12)14)11(15)16/h5H,2-4H2,1H3,(H,15,16). The summed E-state index contributed by atoms with van der Waals surface area (Å²) >= 11 is 0. The van der Waals surface area contributed by atoms with E-state index in [0.717, 1.165) is 0 Å². The molecule has 1 heterocycles. The van der Waals surface area contributed by atoms with Crippen molar-refractivity contribution < 1.29 is 14.7 Å². The van der Waals surface area contributed by atoms with Crippen LogP contribution >= 0.6 is 0 Å². The van der Waals surface area contributed by atoms with Crippen molar-refractivity contribution in [1.29, 1.82) is 0 Å². The third kappa shape index (κ3) is 1.44. The number of hydrogen-bond donors (Lipinski definition) is 1. The molecule has 0 unspecified atom stereocenters. The number of aromatic carboxylic acids is 1. The summed E-state index contributed by atoms with van der Waals surface area (Å²) in [5.74, 6) is -1.37. The van der Waals surface area contributed by atoms with Crippen molar-refractivity contribution in [3.05, 3.63) is 33.2 Å². The summed E-state index contributed by atoms with van der Waals surface area (Å²) in [6.07, 6.45) is 1.78. The Morgan fingerprint density at radius 2 is 2.06 bits per heavy atom. The lowest BCUT2D eigenvalue weighted by Crippen LogP contribution is -2.30. The van der Waals surface area contributed by atoms with Gasteiger partial charge in [0.2, 0.25) is 0 Å². The first kappa shape index (κ1) is 10.6. The number of carbonyl (C=O) groups is 2. The van der Waals surface area contributed by atoms with Gasteiger partial charge in [-0.3, -0.25) is 9.59 Å². The highest BCUT2D eigenvalue weighted by atomic mass is 16.4. The summed E-state index contributed by atoms with van der Waals surface area (Å²) in [5, 5.41) is 8.85. The number of hydrogen-bond acceptors (Lipinski definition) is 3. The predicted molar refractivity (Wildman–Crippen MR) is 55.9 cm³/mol. The molecule has 0 fully saturated rings. The predicted octanol–water partition coefficient (Wildman–Crippen LogP) is 0.603. The van der Waals surface area contributed by atoms with E-state index in [9.17, 15) is 14.4 Å². The molecule has 1 aromatic heterocycles. The first-order chi connectivity index (χ1) is 7.52. The molecule has 0 spiro atoms. The molecule has 84 valence electrons. The average Bonchev–Trinajstić information content (AvgIpc) is 2.23. The molecule has 0 atom stereocenters. The number of fused-ring (bicyclic) bond motifs is 1. The van der Waals surface area contributed by atoms with Crippen molar-refractivity contribution in [3.8, 4) is 0 Å². The number of nitrogens with zero attached hydrogens (tertiary/aromatic N) is 1. The molecule has 0 amide bonds. The first-order valence-electron chi connectivity index (χ1n) is 5.01. The molecule has 0 bridgehead atoms. The lowest BCUT2D eigenvalue weighted by molar-refractivity contribution is 0.0694. The highest BCUT2D eigenvalue weighted by molar-refractivity contribution is 6.00. The van der Waals surface area contributed by atoms with Crippen LogP contribution in [0.15, 0.2) is 10.9 Å². The van der Waals surface area contributed by atoms with Crippen LogP contribution in [-0.4, -0.2) is 21.4 Å². The normalized spacial score (nSPS) is 14.7. The van der Waals surface area contributed by atoms with Gasteiger partial charge >= 0.3 is 5.97 Å². The smallest absolute Gasteiger partial charge is 0.341 e. The largest absolute Gasteiger partial charge is 0.477 e. The van der Waals surface area contributed by atoms with Crippen molar-refractivity contribution in [1.82, 2.24) is 4.57 Å². The second-order valence-electron chi connectivity index (χ2n) is 3.86. The summed E-state index contributed by atoms with van der Waals surface area (Å²) in [6.45, 7) is 0. The molecule has 1 aliphatic carbocycles. The van der Waals surface area contributed by atoms with E-state index in [-0.39, 0.29) is 11.3 Å². The lowest BCUT2D eigenvalue weighted by Gasteiger charge is -2.18. The Hall–Kier alpha value is -1.91. The van der Waals surface area contributed by atoms with E-state index in [1.807, 2.05) is 0 Å². The summed E-state index contributed by atoms with van der Waals surface area (Å²) in [4.78, 5) is 34.1. The SMILES string of the molecule is Cn1c2c(cc(C(=O)O)c1=O)C(=O)CCC2. The molecule has 0 aliphatic heterocycles. The van der Waals surface area contributed by atoms with Crippen LogP contribution in [0.25, 0.3) is 0 Å². The number of rotatable bonds is 1. The maximum atomic E-state index is 11.7. The van der Waals surface area contributed by atoms with Crippen LogP contribution in [0.4, 0.5) is 0 Å². The maximum absolute atomic E-state index is 11.7. The van der Waals surface area contributed by atoms with E-state index in [1.165, 1.54) is 17.7 Å². The third-order valence-electron chi connectivity index (χ3n) is 2.89. The van der Waals surface area contributed by atoms with Gasteiger partial charge in [-0.2, -0.15) is 0 Å². The maximum Gasteiger partial charge on any atom is 0.341 e. The van der Waals surface area contributed by atoms with Gasteiger partial charge in [-0.25, -0.2) is 4.79 Å². The number of carboxylic acid groups (broad SMARTS) is 1. The van der Waals surface area contributed by atoms with E-state index >= 15 is 0 Å². The van der Waals surface area contributed by atoms with E-state index in [2.05, 4.69) is 0 Å². The molecule has 0 aromatic carbocycles.